The molecule has 2 aromatic rings. The molecule has 0 atom stereocenters. The maximum atomic E-state index is 4.62. The third-order valence-electron chi connectivity index (χ3n) is 2.45. The van der Waals surface area contributed by atoms with E-state index in [1.807, 2.05) is 18.2 Å². The smallest absolute Gasteiger partial charge is 0.224 e. The van der Waals surface area contributed by atoms with E-state index in [2.05, 4.69) is 42.1 Å². The van der Waals surface area contributed by atoms with Crippen LogP contribution in [0.5, 0.6) is 0 Å². The largest absolute Gasteiger partial charge is 0.354 e. The van der Waals surface area contributed by atoms with Gasteiger partial charge in [-0.25, -0.2) is 9.97 Å². The minimum Gasteiger partial charge on any atom is -0.354 e. The highest BCUT2D eigenvalue weighted by molar-refractivity contribution is 8.00. The normalized spacial score (nSPS) is 11.1. The third-order valence-corrected chi connectivity index (χ3v) is 3.45. The number of benzene rings is 1. The molecule has 1 aromatic heterocycles. The molecule has 0 aliphatic rings. The number of rotatable bonds is 5. The van der Waals surface area contributed by atoms with Gasteiger partial charge in [0, 0.05) is 17.2 Å². The van der Waals surface area contributed by atoms with Crippen molar-refractivity contribution in [2.45, 2.75) is 37.5 Å². The van der Waals surface area contributed by atoms with Crippen molar-refractivity contribution in [3.63, 3.8) is 0 Å². The van der Waals surface area contributed by atoms with E-state index < -0.39 is 0 Å². The van der Waals surface area contributed by atoms with Crippen molar-refractivity contribution in [1.82, 2.24) is 9.97 Å². The van der Waals surface area contributed by atoms with Crippen molar-refractivity contribution in [3.05, 3.63) is 24.3 Å². The van der Waals surface area contributed by atoms with Crippen molar-refractivity contribution in [2.24, 2.45) is 0 Å². The molecular formula is C14H19N3S. The fraction of sp³-hybridized carbons (Fsp3) is 0.429. The summed E-state index contributed by atoms with van der Waals surface area (Å²) in [5.74, 6) is 0.735. The molecule has 0 aliphatic heterocycles. The van der Waals surface area contributed by atoms with E-state index >= 15 is 0 Å². The van der Waals surface area contributed by atoms with E-state index in [1.54, 1.807) is 11.8 Å². The number of thioether (sulfide) groups is 1. The predicted molar refractivity (Wildman–Crippen MR) is 79.3 cm³/mol. The van der Waals surface area contributed by atoms with E-state index in [4.69, 9.17) is 0 Å². The van der Waals surface area contributed by atoms with Gasteiger partial charge in [-0.1, -0.05) is 39.0 Å². The van der Waals surface area contributed by atoms with Crippen LogP contribution in [0, 0.1) is 0 Å². The zero-order chi connectivity index (χ0) is 13.0. The van der Waals surface area contributed by atoms with Crippen molar-refractivity contribution in [1.29, 1.82) is 0 Å². The molecule has 0 radical (unpaired) electrons. The standard InChI is InChI=1S/C14H19N3S/c1-4-9-15-14-16-12-8-6-5-7-11(12)13(17-14)18-10(2)3/h5-8,10H,4,9H2,1-3H3,(H,15,16,17). The molecule has 2 rings (SSSR count). The lowest BCUT2D eigenvalue weighted by molar-refractivity contribution is 0.944. The number of hydrogen-bond donors (Lipinski definition) is 1. The SMILES string of the molecule is CCCNc1nc(SC(C)C)c2ccccc2n1. The first-order valence-electron chi connectivity index (χ1n) is 6.38. The number of fused-ring (bicyclic) bond motifs is 1. The summed E-state index contributed by atoms with van der Waals surface area (Å²) in [6, 6.07) is 8.18. The maximum Gasteiger partial charge on any atom is 0.224 e. The molecule has 96 valence electrons. The number of aromatic nitrogens is 2. The van der Waals surface area contributed by atoms with Gasteiger partial charge in [-0.15, -0.1) is 11.8 Å². The van der Waals surface area contributed by atoms with Gasteiger partial charge in [-0.2, -0.15) is 0 Å². The van der Waals surface area contributed by atoms with Gasteiger partial charge in [0.05, 0.1) is 5.52 Å². The van der Waals surface area contributed by atoms with Crippen LogP contribution in [0.3, 0.4) is 0 Å². The molecule has 0 saturated heterocycles. The molecule has 1 aromatic carbocycles. The second-order valence-electron chi connectivity index (χ2n) is 4.46. The molecule has 18 heavy (non-hydrogen) atoms. The lowest BCUT2D eigenvalue weighted by Crippen LogP contribution is -2.05. The van der Waals surface area contributed by atoms with Crippen LogP contribution in [-0.2, 0) is 0 Å². The number of nitrogens with zero attached hydrogens (tertiary/aromatic N) is 2. The molecule has 0 spiro atoms. The minimum absolute atomic E-state index is 0.516. The predicted octanol–water partition coefficient (Wildman–Crippen LogP) is 3.95. The highest BCUT2D eigenvalue weighted by Crippen LogP contribution is 2.29. The Bertz CT molecular complexity index is 525. The van der Waals surface area contributed by atoms with Gasteiger partial charge in [0.15, 0.2) is 0 Å². The molecular weight excluding hydrogens is 242 g/mol. The molecule has 0 fully saturated rings. The number of anilines is 1. The van der Waals surface area contributed by atoms with Crippen molar-refractivity contribution in [3.8, 4) is 0 Å². The van der Waals surface area contributed by atoms with E-state index in [0.29, 0.717) is 5.25 Å². The minimum atomic E-state index is 0.516. The fourth-order valence-corrected chi connectivity index (χ4v) is 2.56. The topological polar surface area (TPSA) is 37.8 Å². The van der Waals surface area contributed by atoms with E-state index in [0.717, 1.165) is 34.8 Å². The first-order chi connectivity index (χ1) is 8.70. The summed E-state index contributed by atoms with van der Waals surface area (Å²) >= 11 is 1.78. The molecule has 0 saturated carbocycles. The van der Waals surface area contributed by atoms with Crippen LogP contribution < -0.4 is 5.32 Å². The van der Waals surface area contributed by atoms with Crippen LogP contribution in [0.25, 0.3) is 10.9 Å². The summed E-state index contributed by atoms with van der Waals surface area (Å²) in [5.41, 5.74) is 1.01. The van der Waals surface area contributed by atoms with Gasteiger partial charge in [0.25, 0.3) is 0 Å². The monoisotopic (exact) mass is 261 g/mol. The van der Waals surface area contributed by atoms with Crippen molar-refractivity contribution < 1.29 is 0 Å². The molecule has 1 heterocycles. The second kappa shape index (κ2) is 6.05. The first-order valence-corrected chi connectivity index (χ1v) is 7.26. The van der Waals surface area contributed by atoms with Gasteiger partial charge >= 0.3 is 0 Å². The van der Waals surface area contributed by atoms with Crippen molar-refractivity contribution >= 4 is 28.6 Å². The van der Waals surface area contributed by atoms with Crippen LogP contribution in [0.15, 0.2) is 29.3 Å². The molecule has 0 amide bonds. The van der Waals surface area contributed by atoms with Crippen LogP contribution >= 0.6 is 11.8 Å². The lowest BCUT2D eigenvalue weighted by Gasteiger charge is -2.10. The van der Waals surface area contributed by atoms with Crippen LogP contribution in [-0.4, -0.2) is 21.8 Å². The van der Waals surface area contributed by atoms with E-state index in [9.17, 15) is 0 Å². The van der Waals surface area contributed by atoms with Crippen LogP contribution in [0.2, 0.25) is 0 Å². The molecule has 3 nitrogen and oxygen atoms in total. The summed E-state index contributed by atoms with van der Waals surface area (Å²) < 4.78 is 0. The Morgan fingerprint density at radius 3 is 2.72 bits per heavy atom. The first kappa shape index (κ1) is 13.1. The van der Waals surface area contributed by atoms with Crippen LogP contribution in [0.1, 0.15) is 27.2 Å². The molecule has 4 heteroatoms. The fourth-order valence-electron chi connectivity index (χ4n) is 1.68. The zero-order valence-electron chi connectivity index (χ0n) is 11.1. The number of para-hydroxylation sites is 1. The summed E-state index contributed by atoms with van der Waals surface area (Å²) in [5, 5.41) is 5.98. The Balaban J connectivity index is 2.43. The van der Waals surface area contributed by atoms with Gasteiger partial charge in [0.2, 0.25) is 5.95 Å². The van der Waals surface area contributed by atoms with Gasteiger partial charge < -0.3 is 5.32 Å². The van der Waals surface area contributed by atoms with Crippen molar-refractivity contribution in [2.75, 3.05) is 11.9 Å². The zero-order valence-corrected chi connectivity index (χ0v) is 11.9. The Kier molecular flexibility index (Phi) is 4.42. The Morgan fingerprint density at radius 1 is 1.22 bits per heavy atom. The number of nitrogens with one attached hydrogen (secondary N) is 1. The summed E-state index contributed by atoms with van der Waals surface area (Å²) in [4.78, 5) is 9.16. The summed E-state index contributed by atoms with van der Waals surface area (Å²) in [7, 11) is 0. The highest BCUT2D eigenvalue weighted by atomic mass is 32.2. The molecule has 0 bridgehead atoms. The molecule has 0 unspecified atom stereocenters. The third kappa shape index (κ3) is 3.13. The van der Waals surface area contributed by atoms with E-state index in [1.165, 1.54) is 0 Å². The molecule has 0 aliphatic carbocycles. The Morgan fingerprint density at radius 2 is 2.00 bits per heavy atom. The van der Waals surface area contributed by atoms with Gasteiger partial charge in [0.1, 0.15) is 5.03 Å². The average molecular weight is 261 g/mol. The lowest BCUT2D eigenvalue weighted by atomic mass is 10.2. The Hall–Kier alpha value is -1.29. The summed E-state index contributed by atoms with van der Waals surface area (Å²) in [6.45, 7) is 7.41. The quantitative estimate of drug-likeness (QED) is 0.653. The number of hydrogen-bond acceptors (Lipinski definition) is 4. The highest BCUT2D eigenvalue weighted by Gasteiger charge is 2.09. The van der Waals surface area contributed by atoms with E-state index in [-0.39, 0.29) is 0 Å². The Labute approximate surface area is 112 Å². The van der Waals surface area contributed by atoms with Gasteiger partial charge in [-0.3, -0.25) is 0 Å². The van der Waals surface area contributed by atoms with Gasteiger partial charge in [-0.05, 0) is 12.5 Å². The maximum absolute atomic E-state index is 4.62. The van der Waals surface area contributed by atoms with Crippen LogP contribution in [0.4, 0.5) is 5.95 Å². The molecule has 1 N–H and O–H groups in total. The second-order valence-corrected chi connectivity index (χ2v) is 6.03. The summed E-state index contributed by atoms with van der Waals surface area (Å²) in [6.07, 6.45) is 1.07. The average Bonchev–Trinajstić information content (AvgIpc) is 2.35.